The number of aromatic carboxylic acids is 1. The Bertz CT molecular complexity index is 531. The van der Waals surface area contributed by atoms with E-state index in [2.05, 4.69) is 11.9 Å². The molecule has 4 heteroatoms. The van der Waals surface area contributed by atoms with Crippen LogP contribution in [0.2, 0.25) is 5.02 Å². The summed E-state index contributed by atoms with van der Waals surface area (Å²) >= 11 is 6.04. The molecule has 0 aliphatic heterocycles. The second-order valence-corrected chi connectivity index (χ2v) is 6.69. The molecule has 2 aliphatic rings. The lowest BCUT2D eigenvalue weighted by Crippen LogP contribution is -2.28. The molecule has 3 nitrogen and oxygen atoms in total. The topological polar surface area (TPSA) is 40.5 Å². The standard InChI is InChI=1S/C16H20ClNO2/c1-18(9-12-7-10-2-3-11(12)6-10)13-4-5-14(16(19)20)15(17)8-13/h4-5,8,10-12H,2-3,6-7,9H2,1H3,(H,19,20). The molecule has 2 saturated carbocycles. The zero-order chi connectivity index (χ0) is 14.3. The van der Waals surface area contributed by atoms with Gasteiger partial charge in [0.2, 0.25) is 0 Å². The first-order valence-corrected chi connectivity index (χ1v) is 7.66. The molecule has 0 amide bonds. The summed E-state index contributed by atoms with van der Waals surface area (Å²) in [7, 11) is 2.07. The van der Waals surface area contributed by atoms with Crippen molar-refractivity contribution in [3.05, 3.63) is 28.8 Å². The summed E-state index contributed by atoms with van der Waals surface area (Å²) in [6.45, 7) is 1.05. The third kappa shape index (κ3) is 2.51. The maximum absolute atomic E-state index is 11.0. The first-order chi connectivity index (χ1) is 9.54. The predicted molar refractivity (Wildman–Crippen MR) is 80.6 cm³/mol. The van der Waals surface area contributed by atoms with E-state index in [0.717, 1.165) is 30.0 Å². The first kappa shape index (κ1) is 13.7. The number of hydrogen-bond acceptors (Lipinski definition) is 2. The van der Waals surface area contributed by atoms with Crippen LogP contribution >= 0.6 is 11.6 Å². The molecule has 2 fully saturated rings. The summed E-state index contributed by atoms with van der Waals surface area (Å²) in [6.07, 6.45) is 5.58. The number of carboxylic acid groups (broad SMARTS) is 1. The van der Waals surface area contributed by atoms with E-state index in [1.54, 1.807) is 12.1 Å². The summed E-state index contributed by atoms with van der Waals surface area (Å²) in [5.41, 5.74) is 1.17. The molecule has 20 heavy (non-hydrogen) atoms. The van der Waals surface area contributed by atoms with Crippen LogP contribution in [0.3, 0.4) is 0 Å². The normalized spacial score (nSPS) is 27.8. The van der Waals surface area contributed by atoms with Crippen molar-refractivity contribution in [1.82, 2.24) is 0 Å². The number of carboxylic acids is 1. The Morgan fingerprint density at radius 3 is 2.75 bits per heavy atom. The lowest BCUT2D eigenvalue weighted by molar-refractivity contribution is 0.0697. The molecule has 3 rings (SSSR count). The average molecular weight is 294 g/mol. The van der Waals surface area contributed by atoms with Crippen LogP contribution in [0.1, 0.15) is 36.0 Å². The Kier molecular flexibility index (Phi) is 3.63. The van der Waals surface area contributed by atoms with Gasteiger partial charge in [-0.3, -0.25) is 0 Å². The third-order valence-electron chi connectivity index (χ3n) is 5.02. The van der Waals surface area contributed by atoms with Gasteiger partial charge in [0.15, 0.2) is 0 Å². The van der Waals surface area contributed by atoms with Crippen molar-refractivity contribution in [2.24, 2.45) is 17.8 Å². The molecule has 0 radical (unpaired) electrons. The van der Waals surface area contributed by atoms with Crippen molar-refractivity contribution in [2.75, 3.05) is 18.5 Å². The second kappa shape index (κ2) is 5.28. The van der Waals surface area contributed by atoms with Crippen molar-refractivity contribution in [1.29, 1.82) is 0 Å². The molecule has 1 aromatic carbocycles. The van der Waals surface area contributed by atoms with Crippen LogP contribution in [0.5, 0.6) is 0 Å². The Balaban J connectivity index is 1.69. The molecule has 3 atom stereocenters. The number of nitrogens with zero attached hydrogens (tertiary/aromatic N) is 1. The lowest BCUT2D eigenvalue weighted by Gasteiger charge is -2.28. The average Bonchev–Trinajstić information content (AvgIpc) is 3.00. The number of hydrogen-bond donors (Lipinski definition) is 1. The Morgan fingerprint density at radius 1 is 1.40 bits per heavy atom. The van der Waals surface area contributed by atoms with E-state index >= 15 is 0 Å². The summed E-state index contributed by atoms with van der Waals surface area (Å²) in [5.74, 6) is 1.67. The molecule has 1 N–H and O–H groups in total. The van der Waals surface area contributed by atoms with Gasteiger partial charge in [0.1, 0.15) is 0 Å². The van der Waals surface area contributed by atoms with Crippen LogP contribution in [-0.4, -0.2) is 24.7 Å². The fraction of sp³-hybridized carbons (Fsp3) is 0.562. The second-order valence-electron chi connectivity index (χ2n) is 6.28. The highest BCUT2D eigenvalue weighted by Crippen LogP contribution is 2.48. The molecule has 1 aromatic rings. The third-order valence-corrected chi connectivity index (χ3v) is 5.33. The van der Waals surface area contributed by atoms with E-state index in [4.69, 9.17) is 16.7 Å². The molecule has 108 valence electrons. The van der Waals surface area contributed by atoms with E-state index in [9.17, 15) is 4.79 Å². The monoisotopic (exact) mass is 293 g/mol. The maximum Gasteiger partial charge on any atom is 0.337 e. The minimum absolute atomic E-state index is 0.170. The summed E-state index contributed by atoms with van der Waals surface area (Å²) in [4.78, 5) is 13.2. The van der Waals surface area contributed by atoms with Crippen molar-refractivity contribution in [3.8, 4) is 0 Å². The largest absolute Gasteiger partial charge is 0.478 e. The van der Waals surface area contributed by atoms with Crippen LogP contribution < -0.4 is 4.90 Å². The van der Waals surface area contributed by atoms with Gasteiger partial charge in [-0.1, -0.05) is 18.0 Å². The number of carbonyl (C=O) groups is 1. The summed E-state index contributed by atoms with van der Waals surface area (Å²) in [6, 6.07) is 5.21. The predicted octanol–water partition coefficient (Wildman–Crippen LogP) is 3.91. The van der Waals surface area contributed by atoms with E-state index in [0.29, 0.717) is 5.02 Å². The van der Waals surface area contributed by atoms with Crippen LogP contribution in [0.15, 0.2) is 18.2 Å². The molecular formula is C16H20ClNO2. The molecular weight excluding hydrogens is 274 g/mol. The van der Waals surface area contributed by atoms with Gasteiger partial charge in [0.25, 0.3) is 0 Å². The first-order valence-electron chi connectivity index (χ1n) is 7.28. The number of benzene rings is 1. The van der Waals surface area contributed by atoms with E-state index in [-0.39, 0.29) is 5.56 Å². The van der Waals surface area contributed by atoms with E-state index in [1.807, 2.05) is 6.07 Å². The summed E-state index contributed by atoms with van der Waals surface area (Å²) < 4.78 is 0. The van der Waals surface area contributed by atoms with Crippen molar-refractivity contribution in [2.45, 2.75) is 25.7 Å². The summed E-state index contributed by atoms with van der Waals surface area (Å²) in [5, 5.41) is 9.31. The quantitative estimate of drug-likeness (QED) is 0.915. The maximum atomic E-state index is 11.0. The highest BCUT2D eigenvalue weighted by molar-refractivity contribution is 6.33. The minimum Gasteiger partial charge on any atom is -0.478 e. The number of anilines is 1. The molecule has 2 aliphatic carbocycles. The SMILES string of the molecule is CN(CC1CC2CCC1C2)c1ccc(C(=O)O)c(Cl)c1. The zero-order valence-electron chi connectivity index (χ0n) is 11.7. The Hall–Kier alpha value is -1.22. The smallest absolute Gasteiger partial charge is 0.337 e. The molecule has 0 aromatic heterocycles. The van der Waals surface area contributed by atoms with Crippen molar-refractivity contribution < 1.29 is 9.90 Å². The van der Waals surface area contributed by atoms with Gasteiger partial charge in [-0.25, -0.2) is 4.79 Å². The Labute approximate surface area is 124 Å². The van der Waals surface area contributed by atoms with Gasteiger partial charge in [-0.05, 0) is 55.2 Å². The van der Waals surface area contributed by atoms with Gasteiger partial charge < -0.3 is 10.0 Å². The van der Waals surface area contributed by atoms with Crippen molar-refractivity contribution >= 4 is 23.3 Å². The van der Waals surface area contributed by atoms with Crippen molar-refractivity contribution in [3.63, 3.8) is 0 Å². The lowest BCUT2D eigenvalue weighted by atomic mass is 9.88. The van der Waals surface area contributed by atoms with Gasteiger partial charge >= 0.3 is 5.97 Å². The molecule has 0 saturated heterocycles. The van der Waals surface area contributed by atoms with Crippen LogP contribution in [-0.2, 0) is 0 Å². The highest BCUT2D eigenvalue weighted by atomic mass is 35.5. The highest BCUT2D eigenvalue weighted by Gasteiger charge is 2.39. The van der Waals surface area contributed by atoms with Crippen LogP contribution in [0.4, 0.5) is 5.69 Å². The molecule has 0 spiro atoms. The number of fused-ring (bicyclic) bond motifs is 2. The van der Waals surface area contributed by atoms with Gasteiger partial charge in [0.05, 0.1) is 10.6 Å². The minimum atomic E-state index is -0.975. The van der Waals surface area contributed by atoms with E-state index < -0.39 is 5.97 Å². The van der Waals surface area contributed by atoms with E-state index in [1.165, 1.54) is 25.7 Å². The number of halogens is 1. The molecule has 2 bridgehead atoms. The van der Waals surface area contributed by atoms with Gasteiger partial charge in [-0.2, -0.15) is 0 Å². The fourth-order valence-electron chi connectivity index (χ4n) is 3.97. The fourth-order valence-corrected chi connectivity index (χ4v) is 4.23. The van der Waals surface area contributed by atoms with Gasteiger partial charge in [0, 0.05) is 19.3 Å². The van der Waals surface area contributed by atoms with Crippen LogP contribution in [0, 0.1) is 17.8 Å². The molecule has 0 heterocycles. The molecule has 3 unspecified atom stereocenters. The van der Waals surface area contributed by atoms with Crippen LogP contribution in [0.25, 0.3) is 0 Å². The Morgan fingerprint density at radius 2 is 2.20 bits per heavy atom. The zero-order valence-corrected chi connectivity index (χ0v) is 12.4. The van der Waals surface area contributed by atoms with Gasteiger partial charge in [-0.15, -0.1) is 0 Å². The number of rotatable bonds is 4.